The molecule has 0 aliphatic carbocycles. The van der Waals surface area contributed by atoms with Crippen molar-refractivity contribution in [3.63, 3.8) is 0 Å². The maximum absolute atomic E-state index is 12.0. The van der Waals surface area contributed by atoms with Gasteiger partial charge in [-0.25, -0.2) is 4.98 Å². The number of hydrogen-bond acceptors (Lipinski definition) is 3. The first-order valence-corrected chi connectivity index (χ1v) is 8.88. The summed E-state index contributed by atoms with van der Waals surface area (Å²) in [4.78, 5) is 19.1. The maximum Gasteiger partial charge on any atom is 0.244 e. The standard InChI is InChI=1S/C22H23N3O2/c1-27-21-4-2-3-18(14-21)11-12-24-22(26)10-9-17-5-7-19(8-6-17)13-20-15-23-16-25-20/h2-10,14-16H,11-13H2,1H3,(H,23,25)(H,24,26)/b10-9+. The van der Waals surface area contributed by atoms with E-state index >= 15 is 0 Å². The Morgan fingerprint density at radius 1 is 1.19 bits per heavy atom. The van der Waals surface area contributed by atoms with Gasteiger partial charge in [-0.15, -0.1) is 0 Å². The highest BCUT2D eigenvalue weighted by Gasteiger charge is 2.00. The number of H-pyrrole nitrogens is 1. The second-order valence-corrected chi connectivity index (χ2v) is 6.22. The van der Waals surface area contributed by atoms with Gasteiger partial charge in [-0.2, -0.15) is 0 Å². The highest BCUT2D eigenvalue weighted by atomic mass is 16.5. The summed E-state index contributed by atoms with van der Waals surface area (Å²) in [6, 6.07) is 16.0. The van der Waals surface area contributed by atoms with Crippen molar-refractivity contribution in [2.24, 2.45) is 0 Å². The van der Waals surface area contributed by atoms with Crippen LogP contribution in [-0.2, 0) is 17.6 Å². The fourth-order valence-electron chi connectivity index (χ4n) is 2.74. The minimum atomic E-state index is -0.0977. The van der Waals surface area contributed by atoms with Gasteiger partial charge < -0.3 is 15.0 Å². The molecule has 0 spiro atoms. The molecule has 27 heavy (non-hydrogen) atoms. The lowest BCUT2D eigenvalue weighted by Gasteiger charge is -2.05. The average Bonchev–Trinajstić information content (AvgIpc) is 3.21. The van der Waals surface area contributed by atoms with Crippen LogP contribution < -0.4 is 10.1 Å². The van der Waals surface area contributed by atoms with Crippen LogP contribution in [0.25, 0.3) is 6.08 Å². The first-order chi connectivity index (χ1) is 13.2. The van der Waals surface area contributed by atoms with E-state index < -0.39 is 0 Å². The van der Waals surface area contributed by atoms with Crippen molar-refractivity contribution in [3.8, 4) is 5.75 Å². The second kappa shape index (κ2) is 9.38. The molecule has 1 aromatic heterocycles. The third-order valence-electron chi connectivity index (χ3n) is 4.20. The van der Waals surface area contributed by atoms with Crippen LogP contribution in [0.3, 0.4) is 0 Å². The normalized spacial score (nSPS) is 10.9. The number of aromatic amines is 1. The molecule has 3 aromatic rings. The van der Waals surface area contributed by atoms with E-state index in [9.17, 15) is 4.79 Å². The number of imidazole rings is 1. The minimum Gasteiger partial charge on any atom is -0.497 e. The molecule has 1 heterocycles. The van der Waals surface area contributed by atoms with E-state index in [0.717, 1.165) is 35.4 Å². The molecule has 2 aromatic carbocycles. The number of ether oxygens (including phenoxy) is 1. The van der Waals surface area contributed by atoms with Crippen molar-refractivity contribution in [2.45, 2.75) is 12.8 Å². The van der Waals surface area contributed by atoms with E-state index in [1.807, 2.05) is 48.7 Å². The van der Waals surface area contributed by atoms with Crippen LogP contribution in [-0.4, -0.2) is 29.5 Å². The minimum absolute atomic E-state index is 0.0977. The highest BCUT2D eigenvalue weighted by Crippen LogP contribution is 2.12. The van der Waals surface area contributed by atoms with Crippen molar-refractivity contribution >= 4 is 12.0 Å². The Bertz CT molecular complexity index is 884. The quantitative estimate of drug-likeness (QED) is 0.605. The van der Waals surface area contributed by atoms with Gasteiger partial charge in [0.15, 0.2) is 0 Å². The lowest BCUT2D eigenvalue weighted by atomic mass is 10.1. The van der Waals surface area contributed by atoms with Crippen LogP contribution in [0.1, 0.15) is 22.4 Å². The number of amides is 1. The van der Waals surface area contributed by atoms with Crippen molar-refractivity contribution < 1.29 is 9.53 Å². The van der Waals surface area contributed by atoms with Gasteiger partial charge in [0.25, 0.3) is 0 Å². The molecule has 0 saturated carbocycles. The summed E-state index contributed by atoms with van der Waals surface area (Å²) in [5.74, 6) is 0.731. The number of nitrogens with one attached hydrogen (secondary N) is 2. The second-order valence-electron chi connectivity index (χ2n) is 6.22. The predicted molar refractivity (Wildman–Crippen MR) is 107 cm³/mol. The largest absolute Gasteiger partial charge is 0.497 e. The molecular formula is C22H23N3O2. The summed E-state index contributed by atoms with van der Waals surface area (Å²) in [5, 5.41) is 2.90. The Balaban J connectivity index is 1.45. The summed E-state index contributed by atoms with van der Waals surface area (Å²) < 4.78 is 5.20. The Labute approximate surface area is 159 Å². The molecule has 1 amide bonds. The number of carbonyl (C=O) groups is 1. The van der Waals surface area contributed by atoms with Crippen molar-refractivity contribution in [2.75, 3.05) is 13.7 Å². The van der Waals surface area contributed by atoms with Gasteiger partial charge in [-0.3, -0.25) is 4.79 Å². The zero-order valence-corrected chi connectivity index (χ0v) is 15.3. The lowest BCUT2D eigenvalue weighted by Crippen LogP contribution is -2.23. The Kier molecular flexibility index (Phi) is 6.41. The van der Waals surface area contributed by atoms with Crippen LogP contribution in [0, 0.1) is 0 Å². The first-order valence-electron chi connectivity index (χ1n) is 8.88. The molecule has 0 atom stereocenters. The highest BCUT2D eigenvalue weighted by molar-refractivity contribution is 5.91. The third kappa shape index (κ3) is 5.85. The first kappa shape index (κ1) is 18.5. The van der Waals surface area contributed by atoms with Gasteiger partial charge >= 0.3 is 0 Å². The molecule has 5 heteroatoms. The van der Waals surface area contributed by atoms with Gasteiger partial charge in [0.1, 0.15) is 5.75 Å². The summed E-state index contributed by atoms with van der Waals surface area (Å²) in [6.07, 6.45) is 8.47. The van der Waals surface area contributed by atoms with E-state index in [4.69, 9.17) is 4.74 Å². The number of rotatable bonds is 8. The van der Waals surface area contributed by atoms with Crippen LogP contribution in [0.4, 0.5) is 0 Å². The summed E-state index contributed by atoms with van der Waals surface area (Å²) in [6.45, 7) is 0.583. The maximum atomic E-state index is 12.0. The van der Waals surface area contributed by atoms with Crippen molar-refractivity contribution in [1.82, 2.24) is 15.3 Å². The number of hydrogen-bond donors (Lipinski definition) is 2. The summed E-state index contributed by atoms with van der Waals surface area (Å²) in [5.41, 5.74) is 4.39. The molecule has 2 N–H and O–H groups in total. The molecular weight excluding hydrogens is 338 g/mol. The molecule has 0 radical (unpaired) electrons. The van der Waals surface area contributed by atoms with Crippen LogP contribution >= 0.6 is 0 Å². The van der Waals surface area contributed by atoms with E-state index in [2.05, 4.69) is 27.4 Å². The number of benzene rings is 2. The van der Waals surface area contributed by atoms with Crippen LogP contribution in [0.2, 0.25) is 0 Å². The Morgan fingerprint density at radius 2 is 2.04 bits per heavy atom. The number of nitrogens with zero attached hydrogens (tertiary/aromatic N) is 1. The molecule has 3 rings (SSSR count). The molecule has 138 valence electrons. The van der Waals surface area contributed by atoms with E-state index in [1.54, 1.807) is 19.5 Å². The van der Waals surface area contributed by atoms with E-state index in [-0.39, 0.29) is 5.91 Å². The molecule has 0 saturated heterocycles. The molecule has 0 aliphatic rings. The summed E-state index contributed by atoms with van der Waals surface area (Å²) in [7, 11) is 1.65. The average molecular weight is 361 g/mol. The smallest absolute Gasteiger partial charge is 0.244 e. The van der Waals surface area contributed by atoms with Gasteiger partial charge in [0.05, 0.1) is 13.4 Å². The van der Waals surface area contributed by atoms with Crippen LogP contribution in [0.5, 0.6) is 5.75 Å². The van der Waals surface area contributed by atoms with Gasteiger partial charge in [0, 0.05) is 30.9 Å². The van der Waals surface area contributed by atoms with Crippen molar-refractivity contribution in [3.05, 3.63) is 89.5 Å². The molecule has 0 unspecified atom stereocenters. The molecule has 0 aliphatic heterocycles. The molecule has 5 nitrogen and oxygen atoms in total. The predicted octanol–water partition coefficient (Wildman–Crippen LogP) is 3.38. The third-order valence-corrected chi connectivity index (χ3v) is 4.20. The van der Waals surface area contributed by atoms with E-state index in [1.165, 1.54) is 5.56 Å². The monoisotopic (exact) mass is 361 g/mol. The van der Waals surface area contributed by atoms with Gasteiger partial charge in [0.2, 0.25) is 5.91 Å². The van der Waals surface area contributed by atoms with Gasteiger partial charge in [-0.05, 0) is 41.3 Å². The molecule has 0 bridgehead atoms. The SMILES string of the molecule is COc1cccc(CCNC(=O)/C=C/c2ccc(Cc3cnc[nH]3)cc2)c1. The number of aromatic nitrogens is 2. The topological polar surface area (TPSA) is 67.0 Å². The summed E-state index contributed by atoms with van der Waals surface area (Å²) >= 11 is 0. The Morgan fingerprint density at radius 3 is 2.78 bits per heavy atom. The number of methoxy groups -OCH3 is 1. The fourth-order valence-corrected chi connectivity index (χ4v) is 2.74. The molecule has 0 fully saturated rings. The van der Waals surface area contributed by atoms with Crippen LogP contribution in [0.15, 0.2) is 67.1 Å². The number of carbonyl (C=O) groups excluding carboxylic acids is 1. The lowest BCUT2D eigenvalue weighted by molar-refractivity contribution is -0.116. The van der Waals surface area contributed by atoms with E-state index in [0.29, 0.717) is 6.54 Å². The zero-order chi connectivity index (χ0) is 18.9. The van der Waals surface area contributed by atoms with Crippen molar-refractivity contribution in [1.29, 1.82) is 0 Å². The fraction of sp³-hybridized carbons (Fsp3) is 0.182. The Hall–Kier alpha value is -3.34. The van der Waals surface area contributed by atoms with Gasteiger partial charge in [-0.1, -0.05) is 36.4 Å². The zero-order valence-electron chi connectivity index (χ0n) is 15.3.